The van der Waals surface area contributed by atoms with Crippen molar-refractivity contribution in [2.75, 3.05) is 5.75 Å². The average molecular weight is 413 g/mol. The minimum Gasteiger partial charge on any atom is -0.350 e. The standard InChI is InChI=1S/C24H32N2O2S/c1-18-11-9-10-14-21(18)15-26(19(2)23(28)25-24(3,4)5)22(27)17-29-16-20-12-7-6-8-13-20/h6-14,19H,15-17H2,1-5H3,(H,25,28)/t19-/m0/s1. The average Bonchev–Trinajstić information content (AvgIpc) is 2.66. The van der Waals surface area contributed by atoms with Crippen LogP contribution in [0.4, 0.5) is 0 Å². The van der Waals surface area contributed by atoms with E-state index in [9.17, 15) is 9.59 Å². The minimum atomic E-state index is -0.543. The molecule has 0 heterocycles. The number of aryl methyl sites for hydroxylation is 1. The lowest BCUT2D eigenvalue weighted by Crippen LogP contribution is -2.52. The Morgan fingerprint density at radius 3 is 2.28 bits per heavy atom. The maximum atomic E-state index is 13.1. The highest BCUT2D eigenvalue weighted by Gasteiger charge is 2.28. The van der Waals surface area contributed by atoms with Crippen LogP contribution in [0, 0.1) is 6.92 Å². The van der Waals surface area contributed by atoms with E-state index in [1.807, 2.05) is 70.2 Å². The number of carbonyl (C=O) groups excluding carboxylic acids is 2. The molecule has 156 valence electrons. The van der Waals surface area contributed by atoms with Gasteiger partial charge in [0.05, 0.1) is 5.75 Å². The zero-order valence-corrected chi connectivity index (χ0v) is 18.9. The van der Waals surface area contributed by atoms with Crippen LogP contribution in [0.3, 0.4) is 0 Å². The maximum absolute atomic E-state index is 13.1. The Hall–Kier alpha value is -2.27. The molecule has 0 bridgehead atoms. The normalized spacial score (nSPS) is 12.3. The molecular formula is C24H32N2O2S. The summed E-state index contributed by atoms with van der Waals surface area (Å²) in [4.78, 5) is 27.5. The monoisotopic (exact) mass is 412 g/mol. The largest absolute Gasteiger partial charge is 0.350 e. The van der Waals surface area contributed by atoms with Crippen molar-refractivity contribution < 1.29 is 9.59 Å². The number of carbonyl (C=O) groups is 2. The van der Waals surface area contributed by atoms with Crippen LogP contribution < -0.4 is 5.32 Å². The van der Waals surface area contributed by atoms with E-state index in [0.29, 0.717) is 12.3 Å². The Bertz CT molecular complexity index is 815. The molecule has 0 fully saturated rings. The molecule has 1 N–H and O–H groups in total. The number of nitrogens with zero attached hydrogens (tertiary/aromatic N) is 1. The van der Waals surface area contributed by atoms with Crippen molar-refractivity contribution in [1.82, 2.24) is 10.2 Å². The number of rotatable bonds is 8. The van der Waals surface area contributed by atoms with Crippen molar-refractivity contribution in [3.8, 4) is 0 Å². The first-order valence-electron chi connectivity index (χ1n) is 9.95. The van der Waals surface area contributed by atoms with Gasteiger partial charge in [-0.1, -0.05) is 54.6 Å². The molecule has 2 aromatic carbocycles. The molecule has 2 aromatic rings. The number of hydrogen-bond donors (Lipinski definition) is 1. The summed E-state index contributed by atoms with van der Waals surface area (Å²) < 4.78 is 0. The van der Waals surface area contributed by atoms with Crippen LogP contribution in [0.15, 0.2) is 54.6 Å². The van der Waals surface area contributed by atoms with Crippen molar-refractivity contribution in [1.29, 1.82) is 0 Å². The van der Waals surface area contributed by atoms with Gasteiger partial charge in [0.1, 0.15) is 6.04 Å². The first-order chi connectivity index (χ1) is 13.7. The van der Waals surface area contributed by atoms with E-state index < -0.39 is 6.04 Å². The Balaban J connectivity index is 2.11. The van der Waals surface area contributed by atoms with Gasteiger partial charge in [0.15, 0.2) is 0 Å². The van der Waals surface area contributed by atoms with Crippen LogP contribution in [0.5, 0.6) is 0 Å². The first-order valence-corrected chi connectivity index (χ1v) is 11.1. The second-order valence-electron chi connectivity index (χ2n) is 8.34. The molecule has 0 saturated heterocycles. The predicted octanol–water partition coefficient (Wildman–Crippen LogP) is 4.56. The van der Waals surface area contributed by atoms with Crippen LogP contribution in [-0.2, 0) is 21.9 Å². The van der Waals surface area contributed by atoms with Gasteiger partial charge >= 0.3 is 0 Å². The van der Waals surface area contributed by atoms with Crippen molar-refractivity contribution in [2.24, 2.45) is 0 Å². The summed E-state index contributed by atoms with van der Waals surface area (Å²) in [6, 6.07) is 17.6. The molecular weight excluding hydrogens is 380 g/mol. The summed E-state index contributed by atoms with van der Waals surface area (Å²) in [5.41, 5.74) is 3.02. The molecule has 0 aliphatic rings. The second-order valence-corrected chi connectivity index (χ2v) is 9.33. The number of thioether (sulfide) groups is 1. The fourth-order valence-corrected chi connectivity index (χ4v) is 3.81. The summed E-state index contributed by atoms with van der Waals surface area (Å²) in [5.74, 6) is 0.958. The SMILES string of the molecule is Cc1ccccc1CN(C(=O)CSCc1ccccc1)[C@@H](C)C(=O)NC(C)(C)C. The fraction of sp³-hybridized carbons (Fsp3) is 0.417. The van der Waals surface area contributed by atoms with E-state index in [4.69, 9.17) is 0 Å². The van der Waals surface area contributed by atoms with Crippen molar-refractivity contribution in [2.45, 2.75) is 58.5 Å². The fourth-order valence-electron chi connectivity index (χ4n) is 2.94. The predicted molar refractivity (Wildman–Crippen MR) is 122 cm³/mol. The summed E-state index contributed by atoms with van der Waals surface area (Å²) in [6.07, 6.45) is 0. The molecule has 0 spiro atoms. The number of benzene rings is 2. The van der Waals surface area contributed by atoms with E-state index in [-0.39, 0.29) is 17.4 Å². The van der Waals surface area contributed by atoms with Gasteiger partial charge in [-0.2, -0.15) is 0 Å². The summed E-state index contributed by atoms with van der Waals surface area (Å²) in [7, 11) is 0. The molecule has 5 heteroatoms. The lowest BCUT2D eigenvalue weighted by Gasteiger charge is -2.31. The summed E-state index contributed by atoms with van der Waals surface area (Å²) in [6.45, 7) is 10.1. The van der Waals surface area contributed by atoms with Gasteiger partial charge in [0.25, 0.3) is 0 Å². The third-order valence-corrected chi connectivity index (χ3v) is 5.59. The molecule has 2 rings (SSSR count). The van der Waals surface area contributed by atoms with E-state index >= 15 is 0 Å². The Morgan fingerprint density at radius 1 is 1.03 bits per heavy atom. The van der Waals surface area contributed by atoms with Gasteiger partial charge in [0, 0.05) is 17.8 Å². The smallest absolute Gasteiger partial charge is 0.242 e. The quantitative estimate of drug-likeness (QED) is 0.691. The second kappa shape index (κ2) is 10.5. The van der Waals surface area contributed by atoms with Gasteiger partial charge in [0.2, 0.25) is 11.8 Å². The highest BCUT2D eigenvalue weighted by atomic mass is 32.2. The molecule has 0 unspecified atom stereocenters. The van der Waals surface area contributed by atoms with Crippen molar-refractivity contribution in [3.05, 3.63) is 71.3 Å². The molecule has 0 saturated carbocycles. The summed E-state index contributed by atoms with van der Waals surface area (Å²) in [5, 5.41) is 3.00. The van der Waals surface area contributed by atoms with E-state index in [2.05, 4.69) is 17.4 Å². The Kier molecular flexibility index (Phi) is 8.32. The first kappa shape index (κ1) is 23.0. The van der Waals surface area contributed by atoms with Gasteiger partial charge in [-0.15, -0.1) is 11.8 Å². The number of hydrogen-bond acceptors (Lipinski definition) is 3. The third-order valence-electron chi connectivity index (χ3n) is 4.60. The lowest BCUT2D eigenvalue weighted by molar-refractivity contribution is -0.139. The van der Waals surface area contributed by atoms with Crippen LogP contribution in [0.25, 0.3) is 0 Å². The molecule has 0 aliphatic heterocycles. The van der Waals surface area contributed by atoms with E-state index in [1.165, 1.54) is 5.56 Å². The molecule has 4 nitrogen and oxygen atoms in total. The van der Waals surface area contributed by atoms with Gasteiger partial charge in [-0.3, -0.25) is 9.59 Å². The van der Waals surface area contributed by atoms with Crippen molar-refractivity contribution in [3.63, 3.8) is 0 Å². The minimum absolute atomic E-state index is 0.0225. The zero-order chi connectivity index (χ0) is 21.4. The van der Waals surface area contributed by atoms with Crippen molar-refractivity contribution >= 4 is 23.6 Å². The maximum Gasteiger partial charge on any atom is 0.242 e. The van der Waals surface area contributed by atoms with E-state index in [1.54, 1.807) is 23.6 Å². The highest BCUT2D eigenvalue weighted by Crippen LogP contribution is 2.18. The number of nitrogens with one attached hydrogen (secondary N) is 1. The molecule has 0 aliphatic carbocycles. The molecule has 0 radical (unpaired) electrons. The van der Waals surface area contributed by atoms with E-state index in [0.717, 1.165) is 16.9 Å². The van der Waals surface area contributed by atoms with Gasteiger partial charge in [-0.05, 0) is 51.3 Å². The van der Waals surface area contributed by atoms with Crippen LogP contribution in [-0.4, -0.2) is 34.0 Å². The molecule has 1 atom stereocenters. The topological polar surface area (TPSA) is 49.4 Å². The lowest BCUT2D eigenvalue weighted by atomic mass is 10.1. The van der Waals surface area contributed by atoms with Gasteiger partial charge < -0.3 is 10.2 Å². The number of amides is 2. The summed E-state index contributed by atoms with van der Waals surface area (Å²) >= 11 is 1.58. The van der Waals surface area contributed by atoms with Gasteiger partial charge in [-0.25, -0.2) is 0 Å². The zero-order valence-electron chi connectivity index (χ0n) is 18.1. The Morgan fingerprint density at radius 2 is 1.66 bits per heavy atom. The van der Waals surface area contributed by atoms with Crippen LogP contribution >= 0.6 is 11.8 Å². The molecule has 0 aromatic heterocycles. The van der Waals surface area contributed by atoms with Crippen LogP contribution in [0.1, 0.15) is 44.4 Å². The van der Waals surface area contributed by atoms with Crippen LogP contribution in [0.2, 0.25) is 0 Å². The highest BCUT2D eigenvalue weighted by molar-refractivity contribution is 7.99. The Labute approximate surface area is 179 Å². The third kappa shape index (κ3) is 7.58. The molecule has 29 heavy (non-hydrogen) atoms. The molecule has 2 amide bonds.